The molecule has 1 fully saturated rings. The molecule has 1 atom stereocenters. The molecule has 7 nitrogen and oxygen atoms in total. The lowest BCUT2D eigenvalue weighted by Gasteiger charge is -2.37. The topological polar surface area (TPSA) is 65.5 Å². The monoisotopic (exact) mass is 404 g/mol. The number of aliphatic imine (C=N–C) groups is 1. The number of carbonyl (C=O) groups is 2. The molecule has 1 aromatic carbocycles. The van der Waals surface area contributed by atoms with E-state index < -0.39 is 5.92 Å². The highest BCUT2D eigenvalue weighted by Crippen LogP contribution is 2.22. The van der Waals surface area contributed by atoms with Gasteiger partial charge in [0, 0.05) is 19.3 Å². The number of amides is 2. The molecule has 28 heavy (non-hydrogen) atoms. The Bertz CT molecular complexity index is 722. The van der Waals surface area contributed by atoms with Crippen LogP contribution >= 0.6 is 12.2 Å². The molecule has 152 valence electrons. The first kappa shape index (κ1) is 22.0. The molecule has 1 aliphatic heterocycles. The number of nitrogens with zero attached hydrogens (tertiary/aromatic N) is 4. The third-order valence-corrected chi connectivity index (χ3v) is 5.26. The largest absolute Gasteiger partial charge is 0.497 e. The molecular weight excluding hydrogens is 376 g/mol. The van der Waals surface area contributed by atoms with Crippen LogP contribution in [0.5, 0.6) is 5.75 Å². The Balaban J connectivity index is 2.18. The molecule has 0 saturated carbocycles. The van der Waals surface area contributed by atoms with Crippen LogP contribution in [0.25, 0.3) is 0 Å². The van der Waals surface area contributed by atoms with Crippen LogP contribution in [-0.4, -0.2) is 78.7 Å². The van der Waals surface area contributed by atoms with E-state index in [1.54, 1.807) is 7.11 Å². The molecule has 0 radical (unpaired) electrons. The van der Waals surface area contributed by atoms with Gasteiger partial charge in [0.15, 0.2) is 11.0 Å². The maximum atomic E-state index is 12.7. The van der Waals surface area contributed by atoms with Crippen molar-refractivity contribution in [1.82, 2.24) is 14.7 Å². The Kier molecular flexibility index (Phi) is 7.65. The third kappa shape index (κ3) is 4.56. The van der Waals surface area contributed by atoms with Crippen molar-refractivity contribution in [1.29, 1.82) is 0 Å². The van der Waals surface area contributed by atoms with Crippen LogP contribution in [0, 0.1) is 5.92 Å². The Hall–Kier alpha value is -2.32. The molecular formula is C20H28N4O3S. The van der Waals surface area contributed by atoms with E-state index in [2.05, 4.69) is 9.89 Å². The van der Waals surface area contributed by atoms with Crippen molar-refractivity contribution < 1.29 is 14.3 Å². The number of ether oxygens (including phenoxy) is 1. The second kappa shape index (κ2) is 9.75. The number of carbonyl (C=O) groups excluding carboxylic acids is 2. The van der Waals surface area contributed by atoms with Crippen molar-refractivity contribution in [3.8, 4) is 5.75 Å². The van der Waals surface area contributed by atoms with Crippen LogP contribution < -0.4 is 4.74 Å². The standard InChI is InChI=1S/C20H28N4O3S/c1-6-23-18(25)16(19(26)24(7-2)20(23)28)12-21-13-17(22(3)4)14-8-10-15(27-5)11-9-14/h8-12,16-17H,6-7,13H2,1-5H3/t17-/m0/s1. The first-order valence-electron chi connectivity index (χ1n) is 9.32. The van der Waals surface area contributed by atoms with E-state index in [9.17, 15) is 9.59 Å². The molecule has 1 aliphatic rings. The minimum absolute atomic E-state index is 0.0154. The number of rotatable bonds is 8. The second-order valence-corrected chi connectivity index (χ2v) is 7.06. The lowest BCUT2D eigenvalue weighted by molar-refractivity contribution is -0.143. The van der Waals surface area contributed by atoms with Crippen molar-refractivity contribution in [3.63, 3.8) is 0 Å². The molecule has 1 heterocycles. The summed E-state index contributed by atoms with van der Waals surface area (Å²) in [5, 5.41) is 0.272. The number of methoxy groups -OCH3 is 1. The van der Waals surface area contributed by atoms with Gasteiger partial charge in [-0.25, -0.2) is 0 Å². The summed E-state index contributed by atoms with van der Waals surface area (Å²) in [6, 6.07) is 7.81. The Labute approximate surface area is 172 Å². The molecule has 2 amide bonds. The summed E-state index contributed by atoms with van der Waals surface area (Å²) in [5.41, 5.74) is 1.08. The maximum absolute atomic E-state index is 12.7. The average molecular weight is 405 g/mol. The van der Waals surface area contributed by atoms with Gasteiger partial charge in [-0.05, 0) is 57.9 Å². The fraction of sp³-hybridized carbons (Fsp3) is 0.500. The number of hydrogen-bond donors (Lipinski definition) is 0. The lowest BCUT2D eigenvalue weighted by Crippen LogP contribution is -2.59. The third-order valence-electron chi connectivity index (χ3n) is 4.82. The van der Waals surface area contributed by atoms with E-state index in [1.807, 2.05) is 52.2 Å². The first-order valence-corrected chi connectivity index (χ1v) is 9.73. The van der Waals surface area contributed by atoms with E-state index in [4.69, 9.17) is 17.0 Å². The van der Waals surface area contributed by atoms with Crippen LogP contribution in [0.15, 0.2) is 29.3 Å². The first-order chi connectivity index (χ1) is 13.3. The zero-order valence-corrected chi connectivity index (χ0v) is 17.9. The van der Waals surface area contributed by atoms with E-state index in [-0.39, 0.29) is 23.0 Å². The zero-order chi connectivity index (χ0) is 20.8. The highest BCUT2D eigenvalue weighted by molar-refractivity contribution is 7.80. The summed E-state index contributed by atoms with van der Waals surface area (Å²) in [6.07, 6.45) is 1.47. The van der Waals surface area contributed by atoms with Gasteiger partial charge in [0.05, 0.1) is 19.7 Å². The van der Waals surface area contributed by atoms with Gasteiger partial charge >= 0.3 is 0 Å². The van der Waals surface area contributed by atoms with E-state index in [0.717, 1.165) is 11.3 Å². The summed E-state index contributed by atoms with van der Waals surface area (Å²) >= 11 is 5.28. The molecule has 0 spiro atoms. The average Bonchev–Trinajstić information content (AvgIpc) is 2.68. The predicted molar refractivity (Wildman–Crippen MR) is 114 cm³/mol. The summed E-state index contributed by atoms with van der Waals surface area (Å²) in [7, 11) is 5.57. The van der Waals surface area contributed by atoms with Gasteiger partial charge in [0.1, 0.15) is 5.75 Å². The lowest BCUT2D eigenvalue weighted by atomic mass is 10.0. The Morgan fingerprint density at radius 2 is 1.68 bits per heavy atom. The molecule has 0 N–H and O–H groups in total. The molecule has 2 rings (SSSR count). The van der Waals surface area contributed by atoms with Gasteiger partial charge in [-0.2, -0.15) is 0 Å². The van der Waals surface area contributed by atoms with Crippen LogP contribution in [0.3, 0.4) is 0 Å². The van der Waals surface area contributed by atoms with Crippen LogP contribution in [-0.2, 0) is 9.59 Å². The SMILES string of the molecule is CCN1C(=O)C(C=NC[C@@H](c2ccc(OC)cc2)N(C)C)C(=O)N(CC)C1=S. The van der Waals surface area contributed by atoms with Gasteiger partial charge in [-0.1, -0.05) is 12.1 Å². The van der Waals surface area contributed by atoms with Crippen molar-refractivity contribution >= 4 is 35.4 Å². The molecule has 1 saturated heterocycles. The normalized spacial score (nSPS) is 17.1. The number of hydrogen-bond acceptors (Lipinski definition) is 6. The number of likely N-dealkylation sites (N-methyl/N-ethyl adjacent to an activating group) is 1. The van der Waals surface area contributed by atoms with Gasteiger partial charge in [-0.15, -0.1) is 0 Å². The van der Waals surface area contributed by atoms with E-state index in [1.165, 1.54) is 16.0 Å². The predicted octanol–water partition coefficient (Wildman–Crippen LogP) is 1.98. The van der Waals surface area contributed by atoms with E-state index in [0.29, 0.717) is 19.6 Å². The van der Waals surface area contributed by atoms with Crippen LogP contribution in [0.2, 0.25) is 0 Å². The minimum atomic E-state index is -0.926. The van der Waals surface area contributed by atoms with Crippen molar-refractivity contribution in [2.75, 3.05) is 40.8 Å². The summed E-state index contributed by atoms with van der Waals surface area (Å²) in [5.74, 6) is -0.752. The molecule has 0 unspecified atom stereocenters. The molecule has 0 bridgehead atoms. The quantitative estimate of drug-likeness (QED) is 0.377. The van der Waals surface area contributed by atoms with Crippen molar-refractivity contribution in [2.45, 2.75) is 19.9 Å². The van der Waals surface area contributed by atoms with Gasteiger partial charge in [0.2, 0.25) is 11.8 Å². The van der Waals surface area contributed by atoms with Crippen molar-refractivity contribution in [3.05, 3.63) is 29.8 Å². The fourth-order valence-electron chi connectivity index (χ4n) is 3.14. The highest BCUT2D eigenvalue weighted by atomic mass is 32.1. The second-order valence-electron chi connectivity index (χ2n) is 6.69. The Morgan fingerprint density at radius 1 is 1.14 bits per heavy atom. The summed E-state index contributed by atoms with van der Waals surface area (Å²) in [6.45, 7) is 4.97. The fourth-order valence-corrected chi connectivity index (χ4v) is 3.58. The van der Waals surface area contributed by atoms with E-state index >= 15 is 0 Å². The van der Waals surface area contributed by atoms with Gasteiger partial charge in [-0.3, -0.25) is 24.4 Å². The highest BCUT2D eigenvalue weighted by Gasteiger charge is 2.41. The minimum Gasteiger partial charge on any atom is -0.497 e. The molecule has 0 aromatic heterocycles. The number of thiocarbonyl (C=S) groups is 1. The summed E-state index contributed by atoms with van der Waals surface area (Å²) in [4.78, 5) is 34.8. The summed E-state index contributed by atoms with van der Waals surface area (Å²) < 4.78 is 5.21. The van der Waals surface area contributed by atoms with Gasteiger partial charge in [0.25, 0.3) is 0 Å². The molecule has 1 aromatic rings. The maximum Gasteiger partial charge on any atom is 0.246 e. The molecule has 0 aliphatic carbocycles. The van der Waals surface area contributed by atoms with Crippen LogP contribution in [0.1, 0.15) is 25.5 Å². The smallest absolute Gasteiger partial charge is 0.246 e. The molecule has 8 heteroatoms. The van der Waals surface area contributed by atoms with Crippen molar-refractivity contribution in [2.24, 2.45) is 10.9 Å². The zero-order valence-electron chi connectivity index (χ0n) is 17.1. The van der Waals surface area contributed by atoms with Crippen LogP contribution in [0.4, 0.5) is 0 Å². The number of benzene rings is 1. The van der Waals surface area contributed by atoms with Gasteiger partial charge < -0.3 is 9.64 Å². The Morgan fingerprint density at radius 3 is 2.11 bits per heavy atom.